The lowest BCUT2D eigenvalue weighted by molar-refractivity contribution is -0.134. The minimum absolute atomic E-state index is 0.185. The largest absolute Gasteiger partial charge is 0.369 e. The molecule has 0 bridgehead atoms. The first-order chi connectivity index (χ1) is 18.9. The Labute approximate surface area is 226 Å². The lowest BCUT2D eigenvalue weighted by Gasteiger charge is -2.36. The molecule has 1 aromatic heterocycles. The molecule has 3 aromatic carbocycles. The molecule has 0 spiro atoms. The van der Waals surface area contributed by atoms with E-state index in [1.165, 1.54) is 11.3 Å². The number of piperidine rings is 1. The molecule has 2 saturated heterocycles. The third kappa shape index (κ3) is 5.13. The number of nitrogens with two attached hydrogens (primary N) is 1. The van der Waals surface area contributed by atoms with Gasteiger partial charge >= 0.3 is 0 Å². The number of hydrogen-bond donors (Lipinski definition) is 2. The predicted molar refractivity (Wildman–Crippen MR) is 149 cm³/mol. The molecule has 9 heteroatoms. The van der Waals surface area contributed by atoms with Crippen LogP contribution < -0.4 is 16.0 Å². The number of nitrogens with zero attached hydrogens (tertiary/aromatic N) is 4. The van der Waals surface area contributed by atoms with Gasteiger partial charge < -0.3 is 10.6 Å². The van der Waals surface area contributed by atoms with E-state index in [0.717, 1.165) is 49.4 Å². The van der Waals surface area contributed by atoms with Gasteiger partial charge in [0.05, 0.1) is 17.2 Å². The molecule has 4 aromatic rings. The Hall–Kier alpha value is -4.50. The van der Waals surface area contributed by atoms with Crippen molar-refractivity contribution in [3.8, 4) is 5.69 Å². The number of primary amides is 1. The van der Waals surface area contributed by atoms with Crippen molar-refractivity contribution in [2.75, 3.05) is 31.1 Å². The monoisotopic (exact) mass is 522 g/mol. The van der Waals surface area contributed by atoms with Crippen LogP contribution >= 0.6 is 0 Å². The topological polar surface area (TPSA) is 114 Å². The van der Waals surface area contributed by atoms with E-state index in [1.54, 1.807) is 10.7 Å². The average molecular weight is 523 g/mol. The molecular formula is C30H30N6O3. The van der Waals surface area contributed by atoms with Crippen LogP contribution in [0, 0.1) is 0 Å². The Bertz CT molecular complexity index is 1540. The lowest BCUT2D eigenvalue weighted by Crippen LogP contribution is -2.45. The number of anilines is 1. The maximum atomic E-state index is 12.2. The summed E-state index contributed by atoms with van der Waals surface area (Å²) >= 11 is 0. The van der Waals surface area contributed by atoms with Crippen molar-refractivity contribution in [1.29, 1.82) is 0 Å². The average Bonchev–Trinajstić information content (AvgIpc) is 3.39. The fourth-order valence-electron chi connectivity index (χ4n) is 5.48. The summed E-state index contributed by atoms with van der Waals surface area (Å²) in [6.07, 6.45) is 2.87. The second-order valence-electron chi connectivity index (χ2n) is 10.2. The second kappa shape index (κ2) is 10.3. The molecule has 0 saturated carbocycles. The van der Waals surface area contributed by atoms with Crippen LogP contribution in [-0.2, 0) is 16.1 Å². The Morgan fingerprint density at radius 2 is 1.64 bits per heavy atom. The van der Waals surface area contributed by atoms with E-state index in [0.29, 0.717) is 23.9 Å². The van der Waals surface area contributed by atoms with Crippen molar-refractivity contribution in [2.24, 2.45) is 5.73 Å². The van der Waals surface area contributed by atoms with Crippen LogP contribution in [0.4, 0.5) is 5.69 Å². The molecule has 3 amide bonds. The molecule has 1 atom stereocenters. The SMILES string of the molecule is NC(=O)c1cccc2cn(-c3ccc(N4CCN(Cc5ccc(C6CCC(=O)NC6=O)cc5)CC4)cc3)nc12. The fourth-order valence-corrected chi connectivity index (χ4v) is 5.48. The van der Waals surface area contributed by atoms with E-state index in [2.05, 4.69) is 44.5 Å². The summed E-state index contributed by atoms with van der Waals surface area (Å²) in [5.74, 6) is -1.11. The summed E-state index contributed by atoms with van der Waals surface area (Å²) in [4.78, 5) is 40.1. The van der Waals surface area contributed by atoms with Gasteiger partial charge in [0.1, 0.15) is 5.52 Å². The molecule has 0 aliphatic carbocycles. The third-order valence-corrected chi connectivity index (χ3v) is 7.68. The van der Waals surface area contributed by atoms with E-state index in [4.69, 9.17) is 5.73 Å². The highest BCUT2D eigenvalue weighted by Crippen LogP contribution is 2.26. The normalized spacial score (nSPS) is 18.4. The second-order valence-corrected chi connectivity index (χ2v) is 10.2. The maximum Gasteiger partial charge on any atom is 0.250 e. The number of imide groups is 1. The Morgan fingerprint density at radius 1 is 0.923 bits per heavy atom. The van der Waals surface area contributed by atoms with E-state index < -0.39 is 5.91 Å². The molecule has 2 fully saturated rings. The number of rotatable bonds is 6. The minimum Gasteiger partial charge on any atom is -0.369 e. The predicted octanol–water partition coefficient (Wildman–Crippen LogP) is 2.97. The van der Waals surface area contributed by atoms with Gasteiger partial charge in [-0.05, 0) is 47.9 Å². The molecule has 39 heavy (non-hydrogen) atoms. The van der Waals surface area contributed by atoms with Crippen LogP contribution in [0.3, 0.4) is 0 Å². The van der Waals surface area contributed by atoms with Gasteiger partial charge in [0.15, 0.2) is 0 Å². The van der Waals surface area contributed by atoms with Gasteiger partial charge in [0, 0.05) is 56.4 Å². The molecule has 6 rings (SSSR count). The minimum atomic E-state index is -0.482. The van der Waals surface area contributed by atoms with Crippen LogP contribution in [0.5, 0.6) is 0 Å². The zero-order valence-electron chi connectivity index (χ0n) is 21.5. The van der Waals surface area contributed by atoms with Gasteiger partial charge in [-0.25, -0.2) is 4.68 Å². The molecule has 3 N–H and O–H groups in total. The van der Waals surface area contributed by atoms with Gasteiger partial charge in [0.2, 0.25) is 11.8 Å². The smallest absolute Gasteiger partial charge is 0.250 e. The number of amides is 3. The number of hydrogen-bond acceptors (Lipinski definition) is 6. The zero-order chi connectivity index (χ0) is 26.9. The van der Waals surface area contributed by atoms with Gasteiger partial charge in [0.25, 0.3) is 5.91 Å². The number of carbonyl (C=O) groups excluding carboxylic acids is 3. The summed E-state index contributed by atoms with van der Waals surface area (Å²) in [5.41, 5.74) is 10.8. The highest BCUT2D eigenvalue weighted by atomic mass is 16.2. The zero-order valence-corrected chi connectivity index (χ0v) is 21.5. The quantitative estimate of drug-likeness (QED) is 0.377. The van der Waals surface area contributed by atoms with Crippen molar-refractivity contribution in [3.05, 3.63) is 89.6 Å². The van der Waals surface area contributed by atoms with Crippen LogP contribution in [0.1, 0.15) is 40.2 Å². The van der Waals surface area contributed by atoms with Gasteiger partial charge in [-0.3, -0.25) is 24.6 Å². The molecule has 9 nitrogen and oxygen atoms in total. The number of fused-ring (bicyclic) bond motifs is 1. The highest BCUT2D eigenvalue weighted by Gasteiger charge is 2.28. The molecule has 1 unspecified atom stereocenters. The van der Waals surface area contributed by atoms with Crippen molar-refractivity contribution in [3.63, 3.8) is 0 Å². The van der Waals surface area contributed by atoms with E-state index in [-0.39, 0.29) is 17.7 Å². The number of carbonyl (C=O) groups is 3. The Kier molecular flexibility index (Phi) is 6.58. The Morgan fingerprint density at radius 3 is 2.33 bits per heavy atom. The standard InChI is InChI=1S/C30H30N6O3/c31-29(38)26-3-1-2-22-19-36(33-28(22)26)24-10-8-23(9-11-24)35-16-14-34(15-17-35)18-20-4-6-21(7-5-20)25-12-13-27(37)32-30(25)39/h1-11,19,25H,12-18H2,(H2,31,38)(H,32,37,39). The summed E-state index contributed by atoms with van der Waals surface area (Å²) in [6, 6.07) is 22.0. The van der Waals surface area contributed by atoms with Gasteiger partial charge in [-0.2, -0.15) is 5.10 Å². The first kappa shape index (κ1) is 24.8. The van der Waals surface area contributed by atoms with Crippen LogP contribution in [0.25, 0.3) is 16.6 Å². The van der Waals surface area contributed by atoms with Gasteiger partial charge in [-0.15, -0.1) is 0 Å². The van der Waals surface area contributed by atoms with Gasteiger partial charge in [-0.1, -0.05) is 36.4 Å². The van der Waals surface area contributed by atoms with Crippen molar-refractivity contribution >= 4 is 34.3 Å². The number of piperazine rings is 1. The summed E-state index contributed by atoms with van der Waals surface area (Å²) in [7, 11) is 0. The summed E-state index contributed by atoms with van der Waals surface area (Å²) < 4.78 is 1.78. The lowest BCUT2D eigenvalue weighted by atomic mass is 9.90. The highest BCUT2D eigenvalue weighted by molar-refractivity contribution is 6.04. The summed E-state index contributed by atoms with van der Waals surface area (Å²) in [5, 5.41) is 7.91. The van der Waals surface area contributed by atoms with E-state index >= 15 is 0 Å². The van der Waals surface area contributed by atoms with Crippen molar-refractivity contribution < 1.29 is 14.4 Å². The van der Waals surface area contributed by atoms with Crippen molar-refractivity contribution in [2.45, 2.75) is 25.3 Å². The molecular weight excluding hydrogens is 492 g/mol. The number of nitrogens with one attached hydrogen (secondary N) is 1. The molecule has 2 aliphatic heterocycles. The number of benzene rings is 3. The number of aromatic nitrogens is 2. The van der Waals surface area contributed by atoms with Crippen LogP contribution in [0.2, 0.25) is 0 Å². The molecule has 0 radical (unpaired) electrons. The fraction of sp³-hybridized carbons (Fsp3) is 0.267. The first-order valence-electron chi connectivity index (χ1n) is 13.2. The molecule has 3 heterocycles. The van der Waals surface area contributed by atoms with Crippen LogP contribution in [-0.4, -0.2) is 58.6 Å². The van der Waals surface area contributed by atoms with E-state index in [9.17, 15) is 14.4 Å². The first-order valence-corrected chi connectivity index (χ1v) is 13.2. The molecule has 198 valence electrons. The summed E-state index contributed by atoms with van der Waals surface area (Å²) in [6.45, 7) is 4.64. The maximum absolute atomic E-state index is 12.2. The molecule has 2 aliphatic rings. The Balaban J connectivity index is 1.05. The van der Waals surface area contributed by atoms with E-state index in [1.807, 2.05) is 42.6 Å². The third-order valence-electron chi connectivity index (χ3n) is 7.68. The van der Waals surface area contributed by atoms with Crippen LogP contribution in [0.15, 0.2) is 72.9 Å². The van der Waals surface area contributed by atoms with Crippen molar-refractivity contribution in [1.82, 2.24) is 20.0 Å².